The summed E-state index contributed by atoms with van der Waals surface area (Å²) in [6, 6.07) is 0.340. The van der Waals surface area contributed by atoms with Gasteiger partial charge in [-0.05, 0) is 33.8 Å². The van der Waals surface area contributed by atoms with Crippen molar-refractivity contribution >= 4 is 12.6 Å². The van der Waals surface area contributed by atoms with Crippen molar-refractivity contribution in [2.75, 3.05) is 13.9 Å². The average molecular weight is 368 g/mol. The summed E-state index contributed by atoms with van der Waals surface area (Å²) in [6.07, 6.45) is -5.05. The van der Waals surface area contributed by atoms with Gasteiger partial charge in [-0.3, -0.25) is 0 Å². The van der Waals surface area contributed by atoms with Gasteiger partial charge >= 0.3 is 13.3 Å². The molecule has 1 aliphatic rings. The van der Waals surface area contributed by atoms with Gasteiger partial charge in [0, 0.05) is 12.6 Å². The Balaban J connectivity index is 2.58. The molecule has 0 aliphatic carbocycles. The molecule has 1 aromatic rings. The van der Waals surface area contributed by atoms with Crippen molar-refractivity contribution in [1.29, 1.82) is 0 Å². The Bertz CT molecular complexity index is 644. The van der Waals surface area contributed by atoms with E-state index in [0.29, 0.717) is 6.07 Å². The van der Waals surface area contributed by atoms with E-state index in [4.69, 9.17) is 9.31 Å². The van der Waals surface area contributed by atoms with Crippen molar-refractivity contribution in [2.45, 2.75) is 45.1 Å². The van der Waals surface area contributed by atoms with Gasteiger partial charge in [-0.15, -0.1) is 0 Å². The first-order chi connectivity index (χ1) is 11.3. The first kappa shape index (κ1) is 19.9. The lowest BCUT2D eigenvalue weighted by Gasteiger charge is -2.32. The van der Waals surface area contributed by atoms with Crippen LogP contribution in [0, 0.1) is 11.6 Å². The molecule has 4 nitrogen and oxygen atoms in total. The summed E-state index contributed by atoms with van der Waals surface area (Å²) in [5.74, 6) is -4.38. The van der Waals surface area contributed by atoms with E-state index in [0.717, 1.165) is 0 Å². The molecule has 1 aromatic carbocycles. The Hall–Kier alpha value is -1.39. The molecular formula is C15H18BF5O4. The van der Waals surface area contributed by atoms with Crippen LogP contribution in [-0.4, -0.2) is 32.2 Å². The highest BCUT2D eigenvalue weighted by Crippen LogP contribution is 2.39. The summed E-state index contributed by atoms with van der Waals surface area (Å²) in [4.78, 5) is 0. The normalized spacial score (nSPS) is 19.4. The SMILES string of the molecule is COCOc1c(F)c(B2OC(C)(C)C(C)(C)O2)cc(C(F)(F)F)c1F. The minimum absolute atomic E-state index is 0.340. The maximum absolute atomic E-state index is 14.6. The first-order valence-corrected chi connectivity index (χ1v) is 7.38. The van der Waals surface area contributed by atoms with Crippen LogP contribution in [0.25, 0.3) is 0 Å². The summed E-state index contributed by atoms with van der Waals surface area (Å²) in [5, 5.41) is 0. The van der Waals surface area contributed by atoms with Gasteiger partial charge in [-0.25, -0.2) is 8.78 Å². The molecule has 25 heavy (non-hydrogen) atoms. The van der Waals surface area contributed by atoms with Crippen LogP contribution in [0.1, 0.15) is 33.3 Å². The monoisotopic (exact) mass is 368 g/mol. The first-order valence-electron chi connectivity index (χ1n) is 7.38. The van der Waals surface area contributed by atoms with Crippen molar-refractivity contribution in [2.24, 2.45) is 0 Å². The van der Waals surface area contributed by atoms with Crippen molar-refractivity contribution in [3.63, 3.8) is 0 Å². The number of alkyl halides is 3. The Labute approximate surface area is 142 Å². The Morgan fingerprint density at radius 1 is 1.04 bits per heavy atom. The minimum Gasteiger partial charge on any atom is -0.461 e. The van der Waals surface area contributed by atoms with Crippen LogP contribution in [0.2, 0.25) is 0 Å². The fourth-order valence-corrected chi connectivity index (χ4v) is 2.22. The van der Waals surface area contributed by atoms with Crippen LogP contribution < -0.4 is 10.2 Å². The molecule has 0 N–H and O–H groups in total. The molecule has 0 aromatic heterocycles. The number of hydrogen-bond donors (Lipinski definition) is 0. The molecule has 0 bridgehead atoms. The fraction of sp³-hybridized carbons (Fsp3) is 0.600. The third-order valence-electron chi connectivity index (χ3n) is 4.32. The Kier molecular flexibility index (Phi) is 5.11. The van der Waals surface area contributed by atoms with Crippen LogP contribution in [-0.2, 0) is 20.2 Å². The molecule has 1 heterocycles. The quantitative estimate of drug-likeness (QED) is 0.465. The molecule has 1 aliphatic heterocycles. The standard InChI is InChI=1S/C15H18BF5O4/c1-13(2)14(3,4)25-16(24-13)9-6-8(15(19,20)21)10(17)12(11(9)18)23-7-22-5/h6H,7H2,1-5H3. The van der Waals surface area contributed by atoms with Crippen LogP contribution in [0.4, 0.5) is 22.0 Å². The van der Waals surface area contributed by atoms with E-state index in [2.05, 4.69) is 9.47 Å². The van der Waals surface area contributed by atoms with Gasteiger partial charge in [0.25, 0.3) is 0 Å². The molecule has 0 atom stereocenters. The molecule has 0 saturated carbocycles. The number of rotatable bonds is 4. The molecule has 0 spiro atoms. The van der Waals surface area contributed by atoms with Gasteiger partial charge in [0.05, 0.1) is 16.8 Å². The summed E-state index contributed by atoms with van der Waals surface area (Å²) >= 11 is 0. The number of benzene rings is 1. The van der Waals surface area contributed by atoms with Gasteiger partial charge < -0.3 is 18.8 Å². The zero-order chi connectivity index (χ0) is 19.2. The molecule has 0 amide bonds. The van der Waals surface area contributed by atoms with Crippen LogP contribution in [0.5, 0.6) is 5.75 Å². The van der Waals surface area contributed by atoms with E-state index >= 15 is 0 Å². The summed E-state index contributed by atoms with van der Waals surface area (Å²) in [5.41, 5.74) is -4.10. The second-order valence-corrected chi connectivity index (χ2v) is 6.61. The average Bonchev–Trinajstić information content (AvgIpc) is 2.65. The van der Waals surface area contributed by atoms with Crippen molar-refractivity contribution in [1.82, 2.24) is 0 Å². The highest BCUT2D eigenvalue weighted by molar-refractivity contribution is 6.62. The third-order valence-corrected chi connectivity index (χ3v) is 4.32. The Morgan fingerprint density at radius 3 is 2.00 bits per heavy atom. The van der Waals surface area contributed by atoms with E-state index in [9.17, 15) is 22.0 Å². The lowest BCUT2D eigenvalue weighted by atomic mass is 9.77. The second kappa shape index (κ2) is 6.41. The van der Waals surface area contributed by atoms with Crippen molar-refractivity contribution in [3.8, 4) is 5.75 Å². The summed E-state index contributed by atoms with van der Waals surface area (Å²) in [6.45, 7) is 5.99. The van der Waals surface area contributed by atoms with Gasteiger partial charge in [0.2, 0.25) is 0 Å². The summed E-state index contributed by atoms with van der Waals surface area (Å²) in [7, 11) is -0.282. The highest BCUT2D eigenvalue weighted by atomic mass is 19.4. The number of halogens is 5. The molecule has 1 saturated heterocycles. The predicted octanol–water partition coefficient (Wildman–Crippen LogP) is 3.27. The molecule has 2 rings (SSSR count). The van der Waals surface area contributed by atoms with Gasteiger partial charge in [0.1, 0.15) is 0 Å². The third kappa shape index (κ3) is 3.61. The smallest absolute Gasteiger partial charge is 0.461 e. The van der Waals surface area contributed by atoms with Crippen LogP contribution in [0.3, 0.4) is 0 Å². The molecule has 0 radical (unpaired) electrons. The fourth-order valence-electron chi connectivity index (χ4n) is 2.22. The van der Waals surface area contributed by atoms with Crippen LogP contribution in [0.15, 0.2) is 6.07 Å². The molecule has 140 valence electrons. The van der Waals surface area contributed by atoms with E-state index in [1.807, 2.05) is 0 Å². The van der Waals surface area contributed by atoms with E-state index in [1.165, 1.54) is 7.11 Å². The van der Waals surface area contributed by atoms with Gasteiger partial charge in [-0.2, -0.15) is 13.2 Å². The highest BCUT2D eigenvalue weighted by Gasteiger charge is 2.53. The zero-order valence-corrected chi connectivity index (χ0v) is 14.4. The van der Waals surface area contributed by atoms with Crippen molar-refractivity contribution < 1.29 is 40.7 Å². The lowest BCUT2D eigenvalue weighted by Crippen LogP contribution is -2.41. The van der Waals surface area contributed by atoms with E-state index < -0.39 is 59.7 Å². The van der Waals surface area contributed by atoms with Gasteiger partial charge in [0.15, 0.2) is 24.2 Å². The Morgan fingerprint density at radius 2 is 1.56 bits per heavy atom. The maximum Gasteiger partial charge on any atom is 0.498 e. The van der Waals surface area contributed by atoms with E-state index in [-0.39, 0.29) is 0 Å². The number of ether oxygens (including phenoxy) is 2. The summed E-state index contributed by atoms with van der Waals surface area (Å²) < 4.78 is 88.4. The lowest BCUT2D eigenvalue weighted by molar-refractivity contribution is -0.140. The number of hydrogen-bond acceptors (Lipinski definition) is 4. The minimum atomic E-state index is -5.05. The zero-order valence-electron chi connectivity index (χ0n) is 14.4. The van der Waals surface area contributed by atoms with E-state index in [1.54, 1.807) is 27.7 Å². The van der Waals surface area contributed by atoms with Crippen LogP contribution >= 0.6 is 0 Å². The predicted molar refractivity (Wildman–Crippen MR) is 79.6 cm³/mol. The maximum atomic E-state index is 14.6. The number of methoxy groups -OCH3 is 1. The molecular weight excluding hydrogens is 350 g/mol. The largest absolute Gasteiger partial charge is 0.498 e. The topological polar surface area (TPSA) is 36.9 Å². The second-order valence-electron chi connectivity index (χ2n) is 6.61. The molecule has 0 unspecified atom stereocenters. The van der Waals surface area contributed by atoms with Gasteiger partial charge in [-0.1, -0.05) is 0 Å². The molecule has 10 heteroatoms. The molecule has 1 fully saturated rings. The van der Waals surface area contributed by atoms with Crippen molar-refractivity contribution in [3.05, 3.63) is 23.3 Å².